The van der Waals surface area contributed by atoms with Gasteiger partial charge in [0.15, 0.2) is 0 Å². The van der Waals surface area contributed by atoms with E-state index < -0.39 is 0 Å². The fourth-order valence-corrected chi connectivity index (χ4v) is 1.31. The molecule has 0 aliphatic rings. The van der Waals surface area contributed by atoms with E-state index in [0.29, 0.717) is 23.6 Å². The van der Waals surface area contributed by atoms with E-state index in [-0.39, 0.29) is 5.75 Å². The Hall–Kier alpha value is -1.74. The lowest BCUT2D eigenvalue weighted by atomic mass is 10.1. The Morgan fingerprint density at radius 2 is 1.93 bits per heavy atom. The van der Waals surface area contributed by atoms with E-state index in [4.69, 9.17) is 10.2 Å². The molecule has 0 aliphatic carbocycles. The monoisotopic (exact) mass is 189 g/mol. The average molecular weight is 189 g/mol. The van der Waals surface area contributed by atoms with Crippen LogP contribution in [-0.2, 0) is 6.54 Å². The van der Waals surface area contributed by atoms with Gasteiger partial charge < -0.3 is 15.3 Å². The molecule has 0 bridgehead atoms. The standard InChI is InChI=1S/C11H11NO2/c12-7-8-5-6-11(14-8)9-3-1-2-4-10(9)13/h1-6,13H,7,12H2. The van der Waals surface area contributed by atoms with Crippen molar-refractivity contribution in [2.75, 3.05) is 0 Å². The molecule has 1 aromatic heterocycles. The van der Waals surface area contributed by atoms with Crippen LogP contribution in [0.15, 0.2) is 40.8 Å². The van der Waals surface area contributed by atoms with E-state index in [1.807, 2.05) is 12.1 Å². The fraction of sp³-hybridized carbons (Fsp3) is 0.0909. The third-order valence-electron chi connectivity index (χ3n) is 2.03. The second-order valence-electron chi connectivity index (χ2n) is 2.99. The zero-order valence-electron chi connectivity index (χ0n) is 7.60. The van der Waals surface area contributed by atoms with E-state index in [9.17, 15) is 5.11 Å². The van der Waals surface area contributed by atoms with Crippen molar-refractivity contribution in [1.29, 1.82) is 0 Å². The predicted molar refractivity (Wildman–Crippen MR) is 53.7 cm³/mol. The third-order valence-corrected chi connectivity index (χ3v) is 2.03. The first-order valence-electron chi connectivity index (χ1n) is 4.38. The summed E-state index contributed by atoms with van der Waals surface area (Å²) in [6.07, 6.45) is 0. The molecule has 2 rings (SSSR count). The fourth-order valence-electron chi connectivity index (χ4n) is 1.31. The lowest BCUT2D eigenvalue weighted by Gasteiger charge is -1.99. The maximum Gasteiger partial charge on any atom is 0.138 e. The molecular formula is C11H11NO2. The van der Waals surface area contributed by atoms with Gasteiger partial charge in [0.05, 0.1) is 12.1 Å². The van der Waals surface area contributed by atoms with Crippen molar-refractivity contribution >= 4 is 0 Å². The van der Waals surface area contributed by atoms with Crippen LogP contribution in [0, 0.1) is 0 Å². The highest BCUT2D eigenvalue weighted by Crippen LogP contribution is 2.29. The highest BCUT2D eigenvalue weighted by Gasteiger charge is 2.07. The van der Waals surface area contributed by atoms with Crippen LogP contribution in [0.25, 0.3) is 11.3 Å². The van der Waals surface area contributed by atoms with E-state index in [1.165, 1.54) is 0 Å². The summed E-state index contributed by atoms with van der Waals surface area (Å²) in [5.74, 6) is 1.57. The number of phenols is 1. The molecule has 1 aromatic carbocycles. The summed E-state index contributed by atoms with van der Waals surface area (Å²) in [5, 5.41) is 9.55. The van der Waals surface area contributed by atoms with Crippen molar-refractivity contribution in [3.8, 4) is 17.1 Å². The molecule has 1 heterocycles. The molecule has 2 aromatic rings. The largest absolute Gasteiger partial charge is 0.507 e. The number of rotatable bonds is 2. The van der Waals surface area contributed by atoms with E-state index >= 15 is 0 Å². The van der Waals surface area contributed by atoms with Crippen LogP contribution in [0.3, 0.4) is 0 Å². The first-order chi connectivity index (χ1) is 6.81. The number of phenolic OH excluding ortho intramolecular Hbond substituents is 1. The van der Waals surface area contributed by atoms with Gasteiger partial charge in [-0.05, 0) is 24.3 Å². The number of aromatic hydroxyl groups is 1. The summed E-state index contributed by atoms with van der Waals surface area (Å²) in [6, 6.07) is 10.7. The lowest BCUT2D eigenvalue weighted by molar-refractivity contribution is 0.471. The van der Waals surface area contributed by atoms with Crippen LogP contribution in [-0.4, -0.2) is 5.11 Å². The van der Waals surface area contributed by atoms with Gasteiger partial charge in [0.1, 0.15) is 17.3 Å². The van der Waals surface area contributed by atoms with Crippen LogP contribution in [0.2, 0.25) is 0 Å². The SMILES string of the molecule is NCc1ccc(-c2ccccc2O)o1. The molecule has 0 amide bonds. The minimum atomic E-state index is 0.213. The quantitative estimate of drug-likeness (QED) is 0.760. The molecule has 0 fully saturated rings. The Morgan fingerprint density at radius 3 is 2.57 bits per heavy atom. The van der Waals surface area contributed by atoms with Gasteiger partial charge >= 0.3 is 0 Å². The molecule has 0 atom stereocenters. The molecule has 3 heteroatoms. The van der Waals surface area contributed by atoms with Gasteiger partial charge in [-0.3, -0.25) is 0 Å². The lowest BCUT2D eigenvalue weighted by Crippen LogP contribution is -1.92. The second kappa shape index (κ2) is 3.55. The third kappa shape index (κ3) is 1.49. The minimum absolute atomic E-state index is 0.213. The number of nitrogens with two attached hydrogens (primary N) is 1. The van der Waals surface area contributed by atoms with Gasteiger partial charge in [-0.2, -0.15) is 0 Å². The van der Waals surface area contributed by atoms with Crippen LogP contribution in [0.5, 0.6) is 5.75 Å². The summed E-state index contributed by atoms with van der Waals surface area (Å²) in [5.41, 5.74) is 6.11. The smallest absolute Gasteiger partial charge is 0.138 e. The van der Waals surface area contributed by atoms with Gasteiger partial charge in [-0.25, -0.2) is 0 Å². The topological polar surface area (TPSA) is 59.4 Å². The first-order valence-corrected chi connectivity index (χ1v) is 4.38. The Labute approximate surface area is 81.8 Å². The Balaban J connectivity index is 2.44. The highest BCUT2D eigenvalue weighted by molar-refractivity contribution is 5.65. The van der Waals surface area contributed by atoms with Gasteiger partial charge in [0.25, 0.3) is 0 Å². The number of hydrogen-bond acceptors (Lipinski definition) is 3. The molecule has 3 nitrogen and oxygen atoms in total. The van der Waals surface area contributed by atoms with Gasteiger partial charge in [-0.15, -0.1) is 0 Å². The van der Waals surface area contributed by atoms with Crippen molar-refractivity contribution in [2.45, 2.75) is 6.54 Å². The Kier molecular flexibility index (Phi) is 2.24. The number of furan rings is 1. The maximum atomic E-state index is 9.55. The highest BCUT2D eigenvalue weighted by atomic mass is 16.3. The van der Waals surface area contributed by atoms with Crippen molar-refractivity contribution in [3.63, 3.8) is 0 Å². The number of para-hydroxylation sites is 1. The molecule has 0 saturated heterocycles. The molecule has 14 heavy (non-hydrogen) atoms. The van der Waals surface area contributed by atoms with Crippen molar-refractivity contribution < 1.29 is 9.52 Å². The summed E-state index contributed by atoms with van der Waals surface area (Å²) in [7, 11) is 0. The molecule has 0 spiro atoms. The predicted octanol–water partition coefficient (Wildman–Crippen LogP) is 2.11. The van der Waals surface area contributed by atoms with E-state index in [2.05, 4.69) is 0 Å². The van der Waals surface area contributed by atoms with Crippen molar-refractivity contribution in [3.05, 3.63) is 42.2 Å². The Bertz CT molecular complexity index is 434. The van der Waals surface area contributed by atoms with Gasteiger partial charge in [-0.1, -0.05) is 12.1 Å². The molecular weight excluding hydrogens is 178 g/mol. The summed E-state index contributed by atoms with van der Waals surface area (Å²) >= 11 is 0. The molecule has 72 valence electrons. The maximum absolute atomic E-state index is 9.55. The average Bonchev–Trinajstić information content (AvgIpc) is 2.67. The summed E-state index contributed by atoms with van der Waals surface area (Å²) < 4.78 is 5.41. The molecule has 0 aliphatic heterocycles. The Morgan fingerprint density at radius 1 is 1.14 bits per heavy atom. The second-order valence-corrected chi connectivity index (χ2v) is 2.99. The van der Waals surface area contributed by atoms with E-state index in [1.54, 1.807) is 24.3 Å². The zero-order chi connectivity index (χ0) is 9.97. The molecule has 0 saturated carbocycles. The van der Waals surface area contributed by atoms with Crippen molar-refractivity contribution in [2.24, 2.45) is 5.73 Å². The van der Waals surface area contributed by atoms with Crippen LogP contribution in [0.4, 0.5) is 0 Å². The normalized spacial score (nSPS) is 10.4. The molecule has 3 N–H and O–H groups in total. The van der Waals surface area contributed by atoms with Gasteiger partial charge in [0, 0.05) is 0 Å². The number of benzene rings is 1. The first kappa shape index (κ1) is 8.84. The minimum Gasteiger partial charge on any atom is -0.507 e. The zero-order valence-corrected chi connectivity index (χ0v) is 7.60. The van der Waals surface area contributed by atoms with Crippen molar-refractivity contribution in [1.82, 2.24) is 0 Å². The summed E-state index contributed by atoms with van der Waals surface area (Å²) in [4.78, 5) is 0. The molecule has 0 unspecified atom stereocenters. The van der Waals surface area contributed by atoms with Crippen LogP contribution in [0.1, 0.15) is 5.76 Å². The molecule has 0 radical (unpaired) electrons. The summed E-state index contributed by atoms with van der Waals surface area (Å²) in [6.45, 7) is 0.369. The van der Waals surface area contributed by atoms with Gasteiger partial charge in [0.2, 0.25) is 0 Å². The van der Waals surface area contributed by atoms with Crippen LogP contribution >= 0.6 is 0 Å². The van der Waals surface area contributed by atoms with Crippen LogP contribution < -0.4 is 5.73 Å². The number of hydrogen-bond donors (Lipinski definition) is 2. The van der Waals surface area contributed by atoms with E-state index in [0.717, 1.165) is 0 Å².